The van der Waals surface area contributed by atoms with E-state index in [1.165, 1.54) is 12.1 Å². The number of nitrogens with one attached hydrogen (secondary N) is 1. The minimum absolute atomic E-state index is 0.151. The zero-order valence-electron chi connectivity index (χ0n) is 9.12. The second-order valence-electron chi connectivity index (χ2n) is 3.31. The predicted molar refractivity (Wildman–Crippen MR) is 59.7 cm³/mol. The molecule has 0 saturated heterocycles. The van der Waals surface area contributed by atoms with Gasteiger partial charge in [-0.05, 0) is 31.2 Å². The first-order valence-corrected chi connectivity index (χ1v) is 5.00. The number of ether oxygens (including phenoxy) is 1. The van der Waals surface area contributed by atoms with Crippen molar-refractivity contribution in [1.82, 2.24) is 5.32 Å². The minimum Gasteiger partial charge on any atom is -0.435 e. The fourth-order valence-electron chi connectivity index (χ4n) is 1.47. The average Bonchev–Trinajstić information content (AvgIpc) is 2.26. The van der Waals surface area contributed by atoms with Gasteiger partial charge >= 0.3 is 6.61 Å². The summed E-state index contributed by atoms with van der Waals surface area (Å²) in [6, 6.07) is 6.76. The van der Waals surface area contributed by atoms with Crippen LogP contribution in [0.1, 0.15) is 18.0 Å². The zero-order valence-corrected chi connectivity index (χ0v) is 9.12. The molecule has 16 heavy (non-hydrogen) atoms. The first-order chi connectivity index (χ1) is 7.67. The van der Waals surface area contributed by atoms with Gasteiger partial charge in [0.25, 0.3) is 0 Å². The molecule has 0 aliphatic heterocycles. The molecule has 0 bridgehead atoms. The van der Waals surface area contributed by atoms with E-state index in [1.807, 2.05) is 13.1 Å². The van der Waals surface area contributed by atoms with E-state index >= 15 is 0 Å². The van der Waals surface area contributed by atoms with Crippen LogP contribution in [0.15, 0.2) is 36.9 Å². The highest BCUT2D eigenvalue weighted by Crippen LogP contribution is 2.21. The highest BCUT2D eigenvalue weighted by atomic mass is 19.3. The Balaban J connectivity index is 2.72. The Hall–Kier alpha value is -1.42. The maximum Gasteiger partial charge on any atom is 0.387 e. The van der Waals surface area contributed by atoms with Crippen molar-refractivity contribution in [3.05, 3.63) is 42.5 Å². The summed E-state index contributed by atoms with van der Waals surface area (Å²) in [5, 5.41) is 3.12. The van der Waals surface area contributed by atoms with Gasteiger partial charge in [-0.15, -0.1) is 6.58 Å². The molecule has 0 spiro atoms. The molecule has 2 nitrogen and oxygen atoms in total. The SMILES string of the molecule is C=CCC(NC)c1ccc(OC(F)F)cc1. The molecule has 1 aromatic rings. The average molecular weight is 227 g/mol. The van der Waals surface area contributed by atoms with Crippen LogP contribution in [0.5, 0.6) is 5.75 Å². The standard InChI is InChI=1S/C12H15F2NO/c1-3-4-11(15-2)9-5-7-10(8-6-9)16-12(13)14/h3,5-8,11-12,15H,1,4H2,2H3. The summed E-state index contributed by atoms with van der Waals surface area (Å²) in [4.78, 5) is 0. The highest BCUT2D eigenvalue weighted by molar-refractivity contribution is 5.29. The van der Waals surface area contributed by atoms with Gasteiger partial charge in [0.15, 0.2) is 0 Å². The lowest BCUT2D eigenvalue weighted by atomic mass is 10.0. The summed E-state index contributed by atoms with van der Waals surface area (Å²) in [5.74, 6) is 0.173. The van der Waals surface area contributed by atoms with Crippen LogP contribution in [0.3, 0.4) is 0 Å². The lowest BCUT2D eigenvalue weighted by molar-refractivity contribution is -0.0498. The van der Waals surface area contributed by atoms with E-state index in [0.29, 0.717) is 0 Å². The summed E-state index contributed by atoms with van der Waals surface area (Å²) in [6.45, 7) is 0.888. The number of rotatable bonds is 6. The van der Waals surface area contributed by atoms with E-state index in [0.717, 1.165) is 12.0 Å². The number of benzene rings is 1. The summed E-state index contributed by atoms with van der Waals surface area (Å²) in [5.41, 5.74) is 1.02. The predicted octanol–water partition coefficient (Wildman–Crippen LogP) is 3.12. The molecular formula is C12H15F2NO. The van der Waals surface area contributed by atoms with Crippen molar-refractivity contribution in [2.75, 3.05) is 7.05 Å². The monoisotopic (exact) mass is 227 g/mol. The third-order valence-corrected chi connectivity index (χ3v) is 2.26. The molecule has 0 heterocycles. The van der Waals surface area contributed by atoms with Crippen LogP contribution >= 0.6 is 0 Å². The molecule has 1 rings (SSSR count). The van der Waals surface area contributed by atoms with Gasteiger partial charge in [-0.1, -0.05) is 18.2 Å². The lowest BCUT2D eigenvalue weighted by Crippen LogP contribution is -2.15. The molecular weight excluding hydrogens is 212 g/mol. The van der Waals surface area contributed by atoms with Crippen LogP contribution in [-0.4, -0.2) is 13.7 Å². The Kier molecular flexibility index (Phi) is 4.92. The Labute approximate surface area is 93.9 Å². The zero-order chi connectivity index (χ0) is 12.0. The number of alkyl halides is 2. The van der Waals surface area contributed by atoms with Crippen molar-refractivity contribution in [3.63, 3.8) is 0 Å². The Bertz CT molecular complexity index is 324. The largest absolute Gasteiger partial charge is 0.435 e. The second-order valence-corrected chi connectivity index (χ2v) is 3.31. The summed E-state index contributed by atoms with van der Waals surface area (Å²) in [6.07, 6.45) is 2.59. The van der Waals surface area contributed by atoms with Crippen molar-refractivity contribution >= 4 is 0 Å². The highest BCUT2D eigenvalue weighted by Gasteiger charge is 2.08. The van der Waals surface area contributed by atoms with Crippen LogP contribution in [0.4, 0.5) is 8.78 Å². The van der Waals surface area contributed by atoms with E-state index in [4.69, 9.17) is 0 Å². The Morgan fingerprint density at radius 2 is 2.00 bits per heavy atom. The van der Waals surface area contributed by atoms with Crippen LogP contribution in [-0.2, 0) is 0 Å². The number of hydrogen-bond donors (Lipinski definition) is 1. The van der Waals surface area contributed by atoms with E-state index in [9.17, 15) is 8.78 Å². The fourth-order valence-corrected chi connectivity index (χ4v) is 1.47. The smallest absolute Gasteiger partial charge is 0.387 e. The van der Waals surface area contributed by atoms with Gasteiger partial charge in [0.1, 0.15) is 5.75 Å². The summed E-state index contributed by atoms with van der Waals surface area (Å²) >= 11 is 0. The molecule has 1 aromatic carbocycles. The quantitative estimate of drug-likeness (QED) is 0.754. The molecule has 0 aliphatic rings. The molecule has 88 valence electrons. The van der Waals surface area contributed by atoms with Gasteiger partial charge in [-0.2, -0.15) is 8.78 Å². The molecule has 0 amide bonds. The number of hydrogen-bond acceptors (Lipinski definition) is 2. The normalized spacial score (nSPS) is 12.5. The van der Waals surface area contributed by atoms with Crippen molar-refractivity contribution in [1.29, 1.82) is 0 Å². The van der Waals surface area contributed by atoms with Crippen LogP contribution < -0.4 is 10.1 Å². The Morgan fingerprint density at radius 3 is 2.44 bits per heavy atom. The van der Waals surface area contributed by atoms with Gasteiger partial charge in [0.2, 0.25) is 0 Å². The molecule has 0 fully saturated rings. The van der Waals surface area contributed by atoms with Gasteiger partial charge in [-0.25, -0.2) is 0 Å². The summed E-state index contributed by atoms with van der Waals surface area (Å²) < 4.78 is 28.1. The van der Waals surface area contributed by atoms with Crippen molar-refractivity contribution in [2.24, 2.45) is 0 Å². The van der Waals surface area contributed by atoms with Crippen LogP contribution in [0, 0.1) is 0 Å². The maximum absolute atomic E-state index is 11.9. The van der Waals surface area contributed by atoms with Gasteiger partial charge in [0, 0.05) is 6.04 Å². The molecule has 0 radical (unpaired) electrons. The van der Waals surface area contributed by atoms with E-state index < -0.39 is 6.61 Å². The first-order valence-electron chi connectivity index (χ1n) is 5.00. The van der Waals surface area contributed by atoms with Crippen molar-refractivity contribution in [2.45, 2.75) is 19.1 Å². The van der Waals surface area contributed by atoms with E-state index in [-0.39, 0.29) is 11.8 Å². The summed E-state index contributed by atoms with van der Waals surface area (Å²) in [7, 11) is 1.84. The minimum atomic E-state index is -2.78. The van der Waals surface area contributed by atoms with Crippen LogP contribution in [0.2, 0.25) is 0 Å². The van der Waals surface area contributed by atoms with E-state index in [2.05, 4.69) is 16.6 Å². The molecule has 4 heteroatoms. The molecule has 1 atom stereocenters. The molecule has 1 N–H and O–H groups in total. The molecule has 1 unspecified atom stereocenters. The lowest BCUT2D eigenvalue weighted by Gasteiger charge is -2.15. The third kappa shape index (κ3) is 3.62. The number of halogens is 2. The maximum atomic E-state index is 11.9. The molecule has 0 aromatic heterocycles. The third-order valence-electron chi connectivity index (χ3n) is 2.26. The van der Waals surface area contributed by atoms with Gasteiger partial charge < -0.3 is 10.1 Å². The van der Waals surface area contributed by atoms with Crippen LogP contribution in [0.25, 0.3) is 0 Å². The molecule has 0 aliphatic carbocycles. The fraction of sp³-hybridized carbons (Fsp3) is 0.333. The van der Waals surface area contributed by atoms with Gasteiger partial charge in [-0.3, -0.25) is 0 Å². The van der Waals surface area contributed by atoms with E-state index in [1.54, 1.807) is 12.1 Å². The van der Waals surface area contributed by atoms with Crippen molar-refractivity contribution < 1.29 is 13.5 Å². The second kappa shape index (κ2) is 6.23. The topological polar surface area (TPSA) is 21.3 Å². The van der Waals surface area contributed by atoms with Gasteiger partial charge in [0.05, 0.1) is 0 Å². The molecule has 0 saturated carbocycles. The first kappa shape index (κ1) is 12.6. The van der Waals surface area contributed by atoms with Crippen molar-refractivity contribution in [3.8, 4) is 5.75 Å². The Morgan fingerprint density at radius 1 is 1.38 bits per heavy atom.